The Kier molecular flexibility index (Phi) is 5.59. The van der Waals surface area contributed by atoms with Crippen LogP contribution in [0.15, 0.2) is 36.7 Å². The van der Waals surface area contributed by atoms with Crippen molar-refractivity contribution >= 4 is 5.91 Å². The van der Waals surface area contributed by atoms with E-state index in [1.165, 1.54) is 5.56 Å². The molecular weight excluding hydrogens is 354 g/mol. The number of aromatic nitrogens is 1. The highest BCUT2D eigenvalue weighted by molar-refractivity contribution is 5.95. The highest BCUT2D eigenvalue weighted by Gasteiger charge is 2.25. The van der Waals surface area contributed by atoms with Gasteiger partial charge in [0.2, 0.25) is 0 Å². The molecule has 0 aliphatic carbocycles. The predicted molar refractivity (Wildman–Crippen MR) is 108 cm³/mol. The lowest BCUT2D eigenvalue weighted by atomic mass is 10.0. The first-order valence-electron chi connectivity index (χ1n) is 9.87. The van der Waals surface area contributed by atoms with Gasteiger partial charge >= 0.3 is 0 Å². The van der Waals surface area contributed by atoms with Gasteiger partial charge in [0.25, 0.3) is 5.91 Å². The van der Waals surface area contributed by atoms with Gasteiger partial charge in [-0.3, -0.25) is 9.78 Å². The summed E-state index contributed by atoms with van der Waals surface area (Å²) in [4.78, 5) is 21.4. The van der Waals surface area contributed by atoms with Crippen molar-refractivity contribution in [2.45, 2.75) is 18.9 Å². The van der Waals surface area contributed by atoms with Gasteiger partial charge in [-0.1, -0.05) is 6.07 Å². The fraction of sp³-hybridized carbons (Fsp3) is 0.455. The smallest absolute Gasteiger partial charge is 0.255 e. The Labute approximate surface area is 166 Å². The monoisotopic (exact) mass is 381 g/mol. The Balaban J connectivity index is 1.48. The molecule has 1 aromatic heterocycles. The van der Waals surface area contributed by atoms with Crippen molar-refractivity contribution < 1.29 is 14.3 Å². The summed E-state index contributed by atoms with van der Waals surface area (Å²) in [6.07, 6.45) is 5.41. The van der Waals surface area contributed by atoms with Crippen LogP contribution >= 0.6 is 0 Å². The van der Waals surface area contributed by atoms with Gasteiger partial charge in [0.15, 0.2) is 0 Å². The highest BCUT2D eigenvalue weighted by atomic mass is 16.5. The fourth-order valence-electron chi connectivity index (χ4n) is 3.74. The first kappa shape index (κ1) is 18.9. The number of nitrogens with zero attached hydrogens (tertiary/aromatic N) is 3. The second-order valence-electron chi connectivity index (χ2n) is 7.72. The lowest BCUT2D eigenvalue weighted by molar-refractivity contribution is -0.0269. The Morgan fingerprint density at radius 2 is 2.11 bits per heavy atom. The zero-order valence-electron chi connectivity index (χ0n) is 16.6. The van der Waals surface area contributed by atoms with E-state index in [9.17, 15) is 4.79 Å². The highest BCUT2D eigenvalue weighted by Crippen LogP contribution is 2.30. The maximum absolute atomic E-state index is 13.1. The minimum absolute atomic E-state index is 0.0250. The zero-order chi connectivity index (χ0) is 19.5. The Morgan fingerprint density at radius 1 is 1.21 bits per heavy atom. The average Bonchev–Trinajstić information content (AvgIpc) is 3.20. The third-order valence-corrected chi connectivity index (χ3v) is 5.33. The first-order chi connectivity index (χ1) is 13.6. The van der Waals surface area contributed by atoms with Gasteiger partial charge in [0, 0.05) is 44.0 Å². The topological polar surface area (TPSA) is 54.9 Å². The summed E-state index contributed by atoms with van der Waals surface area (Å²) >= 11 is 0. The van der Waals surface area contributed by atoms with Crippen LogP contribution in [-0.2, 0) is 11.2 Å². The minimum Gasteiger partial charge on any atom is -0.493 e. The van der Waals surface area contributed by atoms with Crippen molar-refractivity contribution in [3.8, 4) is 16.9 Å². The number of hydrogen-bond donors (Lipinski definition) is 0. The van der Waals surface area contributed by atoms with Gasteiger partial charge in [-0.2, -0.15) is 0 Å². The molecule has 0 radical (unpaired) electrons. The molecule has 2 aliphatic rings. The van der Waals surface area contributed by atoms with Crippen molar-refractivity contribution in [3.05, 3.63) is 47.8 Å². The summed E-state index contributed by atoms with van der Waals surface area (Å²) in [6.45, 7) is 3.53. The molecule has 6 nitrogen and oxygen atoms in total. The summed E-state index contributed by atoms with van der Waals surface area (Å²) in [6, 6.07) is 8.11. The van der Waals surface area contributed by atoms with E-state index in [1.807, 2.05) is 43.4 Å². The predicted octanol–water partition coefficient (Wildman–Crippen LogP) is 2.48. The molecule has 6 heteroatoms. The second kappa shape index (κ2) is 8.29. The molecule has 1 saturated heterocycles. The van der Waals surface area contributed by atoms with E-state index < -0.39 is 0 Å². The lowest BCUT2D eigenvalue weighted by Crippen LogP contribution is -2.46. The van der Waals surface area contributed by atoms with E-state index in [1.54, 1.807) is 6.20 Å². The van der Waals surface area contributed by atoms with Crippen LogP contribution in [0.1, 0.15) is 22.3 Å². The Morgan fingerprint density at radius 3 is 2.96 bits per heavy atom. The molecule has 0 bridgehead atoms. The molecule has 0 saturated carbocycles. The van der Waals surface area contributed by atoms with Crippen molar-refractivity contribution in [1.29, 1.82) is 0 Å². The summed E-state index contributed by atoms with van der Waals surface area (Å²) in [7, 11) is 4.10. The van der Waals surface area contributed by atoms with Crippen LogP contribution in [0.5, 0.6) is 5.75 Å². The van der Waals surface area contributed by atoms with Crippen LogP contribution in [0.25, 0.3) is 11.1 Å². The fourth-order valence-corrected chi connectivity index (χ4v) is 3.74. The third-order valence-electron chi connectivity index (χ3n) is 5.33. The lowest BCUT2D eigenvalue weighted by Gasteiger charge is -2.33. The summed E-state index contributed by atoms with van der Waals surface area (Å²) in [5, 5.41) is 0. The standard InChI is InChI=1S/C22H27N3O3/c1-24(2)7-5-20-15-25(8-10-27-20)22(26)19-12-18(13-23-14-19)16-3-4-21-17(11-16)6-9-28-21/h3-4,11-14,20H,5-10,15H2,1-2H3. The number of carbonyl (C=O) groups is 1. The number of ether oxygens (including phenoxy) is 2. The molecule has 0 spiro atoms. The SMILES string of the molecule is CN(C)CCC1CN(C(=O)c2cncc(-c3ccc4c(c3)CCO4)c2)CCO1. The van der Waals surface area contributed by atoms with Crippen LogP contribution < -0.4 is 4.74 Å². The number of amides is 1. The summed E-state index contributed by atoms with van der Waals surface area (Å²) in [5.41, 5.74) is 3.86. The van der Waals surface area contributed by atoms with Gasteiger partial charge in [0.1, 0.15) is 5.75 Å². The van der Waals surface area contributed by atoms with Gasteiger partial charge in [-0.15, -0.1) is 0 Å². The quantitative estimate of drug-likeness (QED) is 0.796. The maximum atomic E-state index is 13.1. The van der Waals surface area contributed by atoms with Crippen LogP contribution in [0, 0.1) is 0 Å². The van der Waals surface area contributed by atoms with E-state index in [2.05, 4.69) is 16.0 Å². The van der Waals surface area contributed by atoms with E-state index in [0.29, 0.717) is 25.3 Å². The van der Waals surface area contributed by atoms with E-state index in [0.717, 1.165) is 42.9 Å². The number of pyridine rings is 1. The number of rotatable bonds is 5. The van der Waals surface area contributed by atoms with E-state index in [4.69, 9.17) is 9.47 Å². The van der Waals surface area contributed by atoms with Crippen LogP contribution in [0.2, 0.25) is 0 Å². The minimum atomic E-state index is 0.0250. The van der Waals surface area contributed by atoms with Crippen LogP contribution in [0.3, 0.4) is 0 Å². The molecule has 1 atom stereocenters. The first-order valence-corrected chi connectivity index (χ1v) is 9.87. The molecule has 28 heavy (non-hydrogen) atoms. The van der Waals surface area contributed by atoms with Crippen molar-refractivity contribution in [2.75, 3.05) is 46.9 Å². The number of benzene rings is 1. The molecule has 2 aliphatic heterocycles. The normalized spacial score (nSPS) is 18.8. The number of fused-ring (bicyclic) bond motifs is 1. The van der Waals surface area contributed by atoms with Crippen molar-refractivity contribution in [1.82, 2.24) is 14.8 Å². The van der Waals surface area contributed by atoms with Crippen LogP contribution in [0.4, 0.5) is 0 Å². The number of morpholine rings is 1. The molecule has 1 fully saturated rings. The van der Waals surface area contributed by atoms with Gasteiger partial charge in [-0.25, -0.2) is 0 Å². The molecule has 1 amide bonds. The summed E-state index contributed by atoms with van der Waals surface area (Å²) < 4.78 is 11.4. The number of carbonyl (C=O) groups excluding carboxylic acids is 1. The van der Waals surface area contributed by atoms with Gasteiger partial charge < -0.3 is 19.3 Å². The molecule has 148 valence electrons. The second-order valence-corrected chi connectivity index (χ2v) is 7.72. The molecule has 1 aromatic carbocycles. The average molecular weight is 381 g/mol. The van der Waals surface area contributed by atoms with Gasteiger partial charge in [0.05, 0.1) is 24.9 Å². The molecule has 0 N–H and O–H groups in total. The number of hydrogen-bond acceptors (Lipinski definition) is 5. The van der Waals surface area contributed by atoms with Gasteiger partial charge in [-0.05, 0) is 49.8 Å². The summed E-state index contributed by atoms with van der Waals surface area (Å²) in [5.74, 6) is 0.984. The van der Waals surface area contributed by atoms with Crippen molar-refractivity contribution in [3.63, 3.8) is 0 Å². The Hall–Kier alpha value is -2.44. The molecular formula is C22H27N3O3. The van der Waals surface area contributed by atoms with Crippen LogP contribution in [-0.4, -0.2) is 73.7 Å². The molecule has 2 aromatic rings. The molecule has 1 unspecified atom stereocenters. The maximum Gasteiger partial charge on any atom is 0.255 e. The molecule has 3 heterocycles. The largest absolute Gasteiger partial charge is 0.493 e. The molecule has 4 rings (SSSR count). The zero-order valence-corrected chi connectivity index (χ0v) is 16.6. The van der Waals surface area contributed by atoms with E-state index in [-0.39, 0.29) is 12.0 Å². The Bertz CT molecular complexity index is 853. The van der Waals surface area contributed by atoms with E-state index >= 15 is 0 Å². The van der Waals surface area contributed by atoms with Crippen molar-refractivity contribution in [2.24, 2.45) is 0 Å². The third kappa shape index (κ3) is 4.18.